The molecule has 0 radical (unpaired) electrons. The van der Waals surface area contributed by atoms with E-state index in [9.17, 15) is 29.1 Å². The average Bonchev–Trinajstić information content (AvgIpc) is 2.79. The molecular formula is C22H27N3O11S. The number of thiocarbonyl (C=S) groups is 1. The molecule has 14 nitrogen and oxygen atoms in total. The van der Waals surface area contributed by atoms with Crippen molar-refractivity contribution in [1.82, 2.24) is 16.2 Å². The van der Waals surface area contributed by atoms with Gasteiger partial charge in [0, 0.05) is 27.7 Å². The molecule has 0 spiro atoms. The van der Waals surface area contributed by atoms with E-state index in [1.54, 1.807) is 6.07 Å². The van der Waals surface area contributed by atoms with Crippen LogP contribution in [0.2, 0.25) is 0 Å². The van der Waals surface area contributed by atoms with Crippen molar-refractivity contribution in [3.63, 3.8) is 0 Å². The summed E-state index contributed by atoms with van der Waals surface area (Å²) >= 11 is 5.17. The number of nitrogens with one attached hydrogen (secondary N) is 3. The van der Waals surface area contributed by atoms with E-state index < -0.39 is 67.0 Å². The zero-order valence-electron chi connectivity index (χ0n) is 20.3. The Labute approximate surface area is 216 Å². The Morgan fingerprint density at radius 1 is 0.865 bits per heavy atom. The summed E-state index contributed by atoms with van der Waals surface area (Å²) < 4.78 is 26.7. The molecular weight excluding hydrogens is 514 g/mol. The van der Waals surface area contributed by atoms with E-state index in [0.717, 1.165) is 27.7 Å². The number of amides is 1. The second-order valence-electron chi connectivity index (χ2n) is 7.69. The maximum Gasteiger partial charge on any atom is 0.303 e. The predicted molar refractivity (Wildman–Crippen MR) is 126 cm³/mol. The molecule has 1 fully saturated rings. The smallest absolute Gasteiger partial charge is 0.303 e. The van der Waals surface area contributed by atoms with E-state index in [0.29, 0.717) is 0 Å². The van der Waals surface area contributed by atoms with Gasteiger partial charge in [-0.1, -0.05) is 12.1 Å². The highest BCUT2D eigenvalue weighted by atomic mass is 32.1. The second kappa shape index (κ2) is 13.4. The molecule has 0 aromatic heterocycles. The van der Waals surface area contributed by atoms with Crippen LogP contribution < -0.4 is 16.2 Å². The van der Waals surface area contributed by atoms with Crippen molar-refractivity contribution < 1.29 is 52.8 Å². The van der Waals surface area contributed by atoms with Crippen LogP contribution >= 0.6 is 12.2 Å². The highest BCUT2D eigenvalue weighted by molar-refractivity contribution is 7.80. The van der Waals surface area contributed by atoms with Gasteiger partial charge in [0.1, 0.15) is 18.5 Å². The van der Waals surface area contributed by atoms with Gasteiger partial charge in [0.25, 0.3) is 5.91 Å². The van der Waals surface area contributed by atoms with Crippen molar-refractivity contribution in [2.45, 2.75) is 58.3 Å². The Balaban J connectivity index is 2.27. The molecule has 0 aliphatic carbocycles. The van der Waals surface area contributed by atoms with Crippen molar-refractivity contribution in [2.24, 2.45) is 0 Å². The van der Waals surface area contributed by atoms with E-state index in [-0.39, 0.29) is 16.4 Å². The quantitative estimate of drug-likeness (QED) is 0.151. The fraction of sp³-hybridized carbons (Fsp3) is 0.455. The average molecular weight is 542 g/mol. The lowest BCUT2D eigenvalue weighted by molar-refractivity contribution is -0.254. The largest absolute Gasteiger partial charge is 0.507 e. The van der Waals surface area contributed by atoms with Gasteiger partial charge < -0.3 is 34.1 Å². The maximum absolute atomic E-state index is 12.3. The Morgan fingerprint density at radius 2 is 1.43 bits per heavy atom. The molecule has 5 atom stereocenters. The molecule has 15 heteroatoms. The summed E-state index contributed by atoms with van der Waals surface area (Å²) in [7, 11) is 0. The molecule has 1 aliphatic heterocycles. The van der Waals surface area contributed by atoms with Crippen molar-refractivity contribution >= 4 is 47.1 Å². The molecule has 1 aliphatic rings. The molecule has 1 saturated heterocycles. The normalized spacial score (nSPS) is 22.5. The van der Waals surface area contributed by atoms with Crippen molar-refractivity contribution in [2.75, 3.05) is 6.61 Å². The Hall–Kier alpha value is -3.98. The van der Waals surface area contributed by atoms with E-state index in [1.165, 1.54) is 18.2 Å². The summed E-state index contributed by atoms with van der Waals surface area (Å²) in [5.74, 6) is -3.99. The first-order valence-corrected chi connectivity index (χ1v) is 11.2. The first-order valence-electron chi connectivity index (χ1n) is 10.8. The fourth-order valence-electron chi connectivity index (χ4n) is 3.36. The molecule has 202 valence electrons. The van der Waals surface area contributed by atoms with Crippen LogP contribution in [0.4, 0.5) is 0 Å². The third-order valence-corrected chi connectivity index (χ3v) is 4.92. The summed E-state index contributed by atoms with van der Waals surface area (Å²) in [6.07, 6.45) is -6.63. The Morgan fingerprint density at radius 3 is 2.00 bits per heavy atom. The van der Waals surface area contributed by atoms with Gasteiger partial charge in [-0.15, -0.1) is 0 Å². The van der Waals surface area contributed by atoms with Crippen LogP contribution in [0, 0.1) is 0 Å². The summed E-state index contributed by atoms with van der Waals surface area (Å²) in [6, 6.07) is 5.78. The second-order valence-corrected chi connectivity index (χ2v) is 8.10. The first kappa shape index (κ1) is 29.3. The molecule has 1 aromatic carbocycles. The highest BCUT2D eigenvalue weighted by Gasteiger charge is 2.52. The van der Waals surface area contributed by atoms with Gasteiger partial charge in [-0.3, -0.25) is 34.8 Å². The van der Waals surface area contributed by atoms with Gasteiger partial charge in [0.2, 0.25) is 0 Å². The number of hydrogen-bond acceptors (Lipinski definition) is 12. The number of phenolic OH excluding ortho intramolecular Hbond substituents is 1. The zero-order chi connectivity index (χ0) is 27.7. The molecule has 0 unspecified atom stereocenters. The van der Waals surface area contributed by atoms with Gasteiger partial charge in [-0.2, -0.15) is 0 Å². The van der Waals surface area contributed by atoms with Gasteiger partial charge in [0.05, 0.1) is 5.56 Å². The minimum Gasteiger partial charge on any atom is -0.507 e. The molecule has 0 bridgehead atoms. The van der Waals surface area contributed by atoms with E-state index in [1.807, 2.05) is 0 Å². The summed E-state index contributed by atoms with van der Waals surface area (Å²) in [4.78, 5) is 59.2. The molecule has 2 rings (SSSR count). The third kappa shape index (κ3) is 8.88. The predicted octanol–water partition coefficient (Wildman–Crippen LogP) is -0.416. The molecule has 1 heterocycles. The van der Waals surface area contributed by atoms with Crippen molar-refractivity contribution in [1.29, 1.82) is 0 Å². The highest BCUT2D eigenvalue weighted by Crippen LogP contribution is 2.28. The van der Waals surface area contributed by atoms with Gasteiger partial charge in [-0.05, 0) is 24.4 Å². The van der Waals surface area contributed by atoms with Crippen LogP contribution in [-0.2, 0) is 42.9 Å². The maximum atomic E-state index is 12.3. The van der Waals surface area contributed by atoms with Crippen LogP contribution in [0.3, 0.4) is 0 Å². The standard InChI is InChI=1S/C22H27N3O11S/c1-10(26)32-9-16-17(33-11(2)27)18(34-12(3)28)19(35-13(4)29)21(36-16)23-22(37)25-24-20(31)14-7-5-6-8-15(14)30/h5-8,16-19,21,30H,9H2,1-4H3,(H,24,31)(H2,23,25,37)/t16-,17-,18-,19-,21-/m0/s1. The van der Waals surface area contributed by atoms with Crippen molar-refractivity contribution in [3.05, 3.63) is 29.8 Å². The number of phenols is 1. The van der Waals surface area contributed by atoms with Gasteiger partial charge in [0.15, 0.2) is 29.7 Å². The van der Waals surface area contributed by atoms with Crippen LogP contribution in [0.5, 0.6) is 5.75 Å². The van der Waals surface area contributed by atoms with Crippen LogP contribution in [0.25, 0.3) is 0 Å². The SMILES string of the molecule is CC(=O)OC[C@@H]1O[C@H](NC(=S)NNC(=O)c2ccccc2O)[C@@H](OC(C)=O)[C@@H](OC(C)=O)[C@H]1OC(C)=O. The molecule has 1 aromatic rings. The van der Waals surface area contributed by atoms with E-state index in [2.05, 4.69) is 16.2 Å². The minimum atomic E-state index is -1.40. The van der Waals surface area contributed by atoms with Crippen molar-refractivity contribution in [3.8, 4) is 5.75 Å². The van der Waals surface area contributed by atoms with Gasteiger partial charge in [-0.25, -0.2) is 0 Å². The molecule has 0 saturated carbocycles. The number of hydrazine groups is 1. The number of rotatable bonds is 7. The number of esters is 4. The molecule has 37 heavy (non-hydrogen) atoms. The number of para-hydroxylation sites is 1. The van der Waals surface area contributed by atoms with Gasteiger partial charge >= 0.3 is 23.9 Å². The lowest BCUT2D eigenvalue weighted by Crippen LogP contribution is -2.67. The monoisotopic (exact) mass is 541 g/mol. The summed E-state index contributed by atoms with van der Waals surface area (Å²) in [5, 5.41) is 12.2. The Bertz CT molecular complexity index is 1050. The number of hydrogen-bond donors (Lipinski definition) is 4. The third-order valence-electron chi connectivity index (χ3n) is 4.70. The summed E-state index contributed by atoms with van der Waals surface area (Å²) in [6.45, 7) is 4.02. The molecule has 4 N–H and O–H groups in total. The van der Waals surface area contributed by atoms with E-state index in [4.69, 9.17) is 35.9 Å². The number of aromatic hydroxyl groups is 1. The lowest BCUT2D eigenvalue weighted by Gasteiger charge is -2.44. The zero-order valence-corrected chi connectivity index (χ0v) is 21.2. The fourth-order valence-corrected chi connectivity index (χ4v) is 3.52. The number of carbonyl (C=O) groups excluding carboxylic acids is 5. The topological polar surface area (TPSA) is 188 Å². The summed E-state index contributed by atoms with van der Waals surface area (Å²) in [5.41, 5.74) is 4.64. The van der Waals surface area contributed by atoms with Crippen LogP contribution in [0.15, 0.2) is 24.3 Å². The van der Waals surface area contributed by atoms with Crippen LogP contribution in [0.1, 0.15) is 38.1 Å². The number of benzene rings is 1. The number of carbonyl (C=O) groups is 5. The minimum absolute atomic E-state index is 0.0369. The Kier molecular flexibility index (Phi) is 10.6. The van der Waals surface area contributed by atoms with Crippen LogP contribution in [-0.4, -0.2) is 77.3 Å². The lowest BCUT2D eigenvalue weighted by atomic mass is 9.97. The first-order chi connectivity index (χ1) is 17.4. The van der Waals surface area contributed by atoms with E-state index >= 15 is 0 Å². The molecule has 1 amide bonds. The number of ether oxygens (including phenoxy) is 5.